The lowest BCUT2D eigenvalue weighted by atomic mass is 10.2. The third-order valence-corrected chi connectivity index (χ3v) is 3.26. The molecular formula is C12H18ClN3O. The highest BCUT2D eigenvalue weighted by atomic mass is 35.5. The van der Waals surface area contributed by atoms with E-state index < -0.39 is 0 Å². The van der Waals surface area contributed by atoms with Gasteiger partial charge in [0.1, 0.15) is 5.82 Å². The molecule has 1 aromatic rings. The number of aromatic nitrogens is 2. The van der Waals surface area contributed by atoms with Crippen molar-refractivity contribution in [1.29, 1.82) is 0 Å². The summed E-state index contributed by atoms with van der Waals surface area (Å²) in [4.78, 5) is 10.8. The molecule has 0 spiro atoms. The molecule has 1 aliphatic heterocycles. The summed E-state index contributed by atoms with van der Waals surface area (Å²) in [6.07, 6.45) is 6.17. The average molecular weight is 256 g/mol. The van der Waals surface area contributed by atoms with Crippen molar-refractivity contribution in [2.24, 2.45) is 0 Å². The van der Waals surface area contributed by atoms with Crippen molar-refractivity contribution in [2.75, 3.05) is 24.6 Å². The minimum atomic E-state index is 0.337. The topological polar surface area (TPSA) is 38.2 Å². The maximum absolute atomic E-state index is 5.69. The van der Waals surface area contributed by atoms with Crippen LogP contribution in [0.15, 0.2) is 12.4 Å². The van der Waals surface area contributed by atoms with Crippen molar-refractivity contribution in [3.63, 3.8) is 0 Å². The molecule has 94 valence electrons. The Hall–Kier alpha value is -0.870. The zero-order chi connectivity index (χ0) is 12.1. The van der Waals surface area contributed by atoms with Gasteiger partial charge in [-0.3, -0.25) is 4.98 Å². The Morgan fingerprint density at radius 1 is 1.47 bits per heavy atom. The van der Waals surface area contributed by atoms with E-state index in [2.05, 4.69) is 21.8 Å². The molecule has 0 bridgehead atoms. The van der Waals surface area contributed by atoms with Crippen LogP contribution in [-0.4, -0.2) is 35.8 Å². The van der Waals surface area contributed by atoms with Crippen molar-refractivity contribution in [3.8, 4) is 0 Å². The van der Waals surface area contributed by atoms with Gasteiger partial charge in [-0.2, -0.15) is 0 Å². The lowest BCUT2D eigenvalue weighted by molar-refractivity contribution is 0.115. The number of alkyl halides is 1. The van der Waals surface area contributed by atoms with Gasteiger partial charge in [0.15, 0.2) is 0 Å². The zero-order valence-corrected chi connectivity index (χ0v) is 10.9. The monoisotopic (exact) mass is 255 g/mol. The van der Waals surface area contributed by atoms with Crippen LogP contribution in [0.3, 0.4) is 0 Å². The van der Waals surface area contributed by atoms with Gasteiger partial charge >= 0.3 is 0 Å². The van der Waals surface area contributed by atoms with E-state index in [9.17, 15) is 0 Å². The van der Waals surface area contributed by atoms with Gasteiger partial charge in [-0.05, 0) is 19.8 Å². The van der Waals surface area contributed by atoms with Crippen molar-refractivity contribution in [3.05, 3.63) is 18.1 Å². The second-order valence-electron chi connectivity index (χ2n) is 4.17. The van der Waals surface area contributed by atoms with Gasteiger partial charge in [0.05, 0.1) is 30.1 Å². The molecule has 0 aromatic carbocycles. The highest BCUT2D eigenvalue weighted by molar-refractivity contribution is 6.16. The summed E-state index contributed by atoms with van der Waals surface area (Å²) in [5.41, 5.74) is 0.809. The highest BCUT2D eigenvalue weighted by Gasteiger charge is 2.19. The van der Waals surface area contributed by atoms with Crippen LogP contribution in [0.1, 0.15) is 25.5 Å². The van der Waals surface area contributed by atoms with Crippen LogP contribution < -0.4 is 4.90 Å². The quantitative estimate of drug-likeness (QED) is 0.757. The van der Waals surface area contributed by atoms with Crippen LogP contribution >= 0.6 is 11.6 Å². The van der Waals surface area contributed by atoms with E-state index >= 15 is 0 Å². The molecule has 0 radical (unpaired) electrons. The summed E-state index contributed by atoms with van der Waals surface area (Å²) in [7, 11) is 0. The molecule has 0 amide bonds. The molecule has 1 fully saturated rings. The molecule has 2 heterocycles. The maximum atomic E-state index is 5.69. The molecule has 0 aliphatic carbocycles. The van der Waals surface area contributed by atoms with Gasteiger partial charge in [0.2, 0.25) is 0 Å². The molecule has 4 nitrogen and oxygen atoms in total. The summed E-state index contributed by atoms with van der Waals surface area (Å²) in [6, 6.07) is 0. The summed E-state index contributed by atoms with van der Waals surface area (Å²) < 4.78 is 5.64. The molecule has 0 N–H and O–H groups in total. The third-order valence-electron chi connectivity index (χ3n) is 2.98. The largest absolute Gasteiger partial charge is 0.376 e. The SMILES string of the molecule is CCN(CC1CCCO1)c1cnc(CCl)cn1. The summed E-state index contributed by atoms with van der Waals surface area (Å²) in [6.45, 7) is 4.81. The fourth-order valence-corrected chi connectivity index (χ4v) is 2.14. The number of rotatable bonds is 5. The number of halogens is 1. The van der Waals surface area contributed by atoms with Crippen LogP contribution in [0.25, 0.3) is 0 Å². The maximum Gasteiger partial charge on any atom is 0.147 e. The Morgan fingerprint density at radius 3 is 2.88 bits per heavy atom. The Morgan fingerprint density at radius 2 is 2.35 bits per heavy atom. The van der Waals surface area contributed by atoms with Crippen LogP contribution in [0.4, 0.5) is 5.82 Å². The number of hydrogen-bond acceptors (Lipinski definition) is 4. The minimum absolute atomic E-state index is 0.337. The van der Waals surface area contributed by atoms with Crippen molar-refractivity contribution >= 4 is 17.4 Å². The predicted molar refractivity (Wildman–Crippen MR) is 68.5 cm³/mol. The Bertz CT molecular complexity index is 338. The second kappa shape index (κ2) is 6.17. The van der Waals surface area contributed by atoms with E-state index in [-0.39, 0.29) is 0 Å². The van der Waals surface area contributed by atoms with Gasteiger partial charge < -0.3 is 9.64 Å². The van der Waals surface area contributed by atoms with Gasteiger partial charge in [-0.1, -0.05) is 0 Å². The first-order valence-electron chi connectivity index (χ1n) is 6.07. The predicted octanol–water partition coefficient (Wildman–Crippen LogP) is 2.22. The van der Waals surface area contributed by atoms with E-state index in [4.69, 9.17) is 16.3 Å². The van der Waals surface area contributed by atoms with E-state index in [0.29, 0.717) is 12.0 Å². The van der Waals surface area contributed by atoms with Gasteiger partial charge in [-0.15, -0.1) is 11.6 Å². The standard InChI is InChI=1S/C12H18ClN3O/c1-2-16(9-11-4-3-5-17-11)12-8-14-10(6-13)7-15-12/h7-8,11H,2-6,9H2,1H3. The molecule has 1 saturated heterocycles. The average Bonchev–Trinajstić information content (AvgIpc) is 2.89. The number of ether oxygens (including phenoxy) is 1. The Labute approximate surface area is 107 Å². The van der Waals surface area contributed by atoms with Crippen LogP contribution in [0.2, 0.25) is 0 Å². The van der Waals surface area contributed by atoms with Gasteiger partial charge in [0.25, 0.3) is 0 Å². The van der Waals surface area contributed by atoms with Crippen LogP contribution in [0.5, 0.6) is 0 Å². The molecule has 5 heteroatoms. The van der Waals surface area contributed by atoms with Crippen LogP contribution in [0, 0.1) is 0 Å². The minimum Gasteiger partial charge on any atom is -0.376 e. The fourth-order valence-electron chi connectivity index (χ4n) is 2.00. The Balaban J connectivity index is 2.00. The van der Waals surface area contributed by atoms with Crippen molar-refractivity contribution in [1.82, 2.24) is 9.97 Å². The molecule has 1 unspecified atom stereocenters. The van der Waals surface area contributed by atoms with Gasteiger partial charge in [0, 0.05) is 19.7 Å². The number of nitrogens with zero attached hydrogens (tertiary/aromatic N) is 3. The van der Waals surface area contributed by atoms with Crippen molar-refractivity contribution < 1.29 is 4.74 Å². The first-order valence-corrected chi connectivity index (χ1v) is 6.60. The van der Waals surface area contributed by atoms with E-state index in [0.717, 1.165) is 37.6 Å². The molecule has 1 atom stereocenters. The second-order valence-corrected chi connectivity index (χ2v) is 4.44. The lowest BCUT2D eigenvalue weighted by Gasteiger charge is -2.24. The summed E-state index contributed by atoms with van der Waals surface area (Å²) in [5, 5.41) is 0. The molecule has 1 aromatic heterocycles. The number of anilines is 1. The third kappa shape index (κ3) is 3.30. The van der Waals surface area contributed by atoms with Crippen LogP contribution in [-0.2, 0) is 10.6 Å². The molecule has 1 aliphatic rings. The first kappa shape index (κ1) is 12.6. The summed E-state index contributed by atoms with van der Waals surface area (Å²) in [5.74, 6) is 1.31. The van der Waals surface area contributed by atoms with Crippen molar-refractivity contribution in [2.45, 2.75) is 31.7 Å². The molecule has 0 saturated carbocycles. The highest BCUT2D eigenvalue weighted by Crippen LogP contribution is 2.17. The molecule has 17 heavy (non-hydrogen) atoms. The van der Waals surface area contributed by atoms with E-state index in [1.54, 1.807) is 12.4 Å². The first-order chi connectivity index (χ1) is 8.33. The Kier molecular flexibility index (Phi) is 4.57. The number of hydrogen-bond donors (Lipinski definition) is 0. The molecule has 2 rings (SSSR count). The van der Waals surface area contributed by atoms with E-state index in [1.165, 1.54) is 6.42 Å². The zero-order valence-electron chi connectivity index (χ0n) is 10.1. The number of likely N-dealkylation sites (N-methyl/N-ethyl adjacent to an activating group) is 1. The van der Waals surface area contributed by atoms with E-state index in [1.807, 2.05) is 0 Å². The van der Waals surface area contributed by atoms with Gasteiger partial charge in [-0.25, -0.2) is 4.98 Å². The normalized spacial score (nSPS) is 19.5. The summed E-state index contributed by atoms with van der Waals surface area (Å²) >= 11 is 5.69. The molecular weight excluding hydrogens is 238 g/mol. The lowest BCUT2D eigenvalue weighted by Crippen LogP contribution is -2.32. The smallest absolute Gasteiger partial charge is 0.147 e. The fraction of sp³-hybridized carbons (Fsp3) is 0.667.